The summed E-state index contributed by atoms with van der Waals surface area (Å²) >= 11 is 0. The molecule has 420 valence electrons. The first-order valence-corrected chi connectivity index (χ1v) is 31.1. The number of carbonyl (C=O) groups is 1. The maximum absolute atomic E-state index is 13.1. The first kappa shape index (κ1) is 67.6. The van der Waals surface area contributed by atoms with Gasteiger partial charge in [-0.15, -0.1) is 0 Å². The van der Waals surface area contributed by atoms with Gasteiger partial charge in [0.15, 0.2) is 6.29 Å². The van der Waals surface area contributed by atoms with E-state index >= 15 is 0 Å². The van der Waals surface area contributed by atoms with E-state index in [1.54, 1.807) is 6.08 Å². The highest BCUT2D eigenvalue weighted by Gasteiger charge is 2.48. The number of unbranched alkanes of at least 4 members (excludes halogenated alkanes) is 38. The highest BCUT2D eigenvalue weighted by Crippen LogP contribution is 2.26. The molecule has 0 bridgehead atoms. The van der Waals surface area contributed by atoms with E-state index in [9.17, 15) is 38.2 Å². The van der Waals surface area contributed by atoms with Gasteiger partial charge in [0.2, 0.25) is 5.91 Å². The fourth-order valence-corrected chi connectivity index (χ4v) is 10.1. The third-order valence-electron chi connectivity index (χ3n) is 14.2. The number of rotatable bonds is 52. The number of nitrogens with one attached hydrogen (secondary N) is 1. The van der Waals surface area contributed by atoms with E-state index in [1.165, 1.54) is 218 Å². The van der Waals surface area contributed by atoms with Crippen molar-refractivity contribution in [1.82, 2.24) is 5.32 Å². The highest BCUT2D eigenvalue weighted by atomic mass is 32.3. The van der Waals surface area contributed by atoms with E-state index in [2.05, 4.69) is 35.5 Å². The summed E-state index contributed by atoms with van der Waals surface area (Å²) in [5, 5.41) is 45.0. The molecule has 71 heavy (non-hydrogen) atoms. The van der Waals surface area contributed by atoms with Gasteiger partial charge in [0.1, 0.15) is 24.4 Å². The lowest BCUT2D eigenvalue weighted by Gasteiger charge is -2.41. The summed E-state index contributed by atoms with van der Waals surface area (Å²) in [7, 11) is -5.09. The zero-order chi connectivity index (χ0) is 51.9. The van der Waals surface area contributed by atoms with Gasteiger partial charge in [-0.1, -0.05) is 256 Å². The van der Waals surface area contributed by atoms with E-state index in [0.29, 0.717) is 6.42 Å². The molecule has 1 aliphatic heterocycles. The highest BCUT2D eigenvalue weighted by molar-refractivity contribution is 7.80. The molecule has 1 rings (SSSR count). The van der Waals surface area contributed by atoms with Crippen LogP contribution in [0.2, 0.25) is 0 Å². The molecule has 6 N–H and O–H groups in total. The molecule has 0 aliphatic carbocycles. The van der Waals surface area contributed by atoms with E-state index < -0.39 is 59.9 Å². The zero-order valence-corrected chi connectivity index (χ0v) is 46.4. The summed E-state index contributed by atoms with van der Waals surface area (Å²) in [6, 6.07) is -0.944. The second-order valence-corrected chi connectivity index (χ2v) is 22.0. The van der Waals surface area contributed by atoms with Crippen LogP contribution in [0.25, 0.3) is 0 Å². The van der Waals surface area contributed by atoms with Crippen molar-refractivity contribution >= 4 is 16.3 Å². The topological polar surface area (TPSA) is 192 Å². The van der Waals surface area contributed by atoms with Gasteiger partial charge in [-0.3, -0.25) is 9.35 Å². The quantitative estimate of drug-likeness (QED) is 0.0193. The smallest absolute Gasteiger partial charge is 0.394 e. The number of aliphatic hydroxyl groups excluding tert-OH is 4. The Labute approximate surface area is 435 Å². The van der Waals surface area contributed by atoms with Crippen LogP contribution < -0.4 is 5.32 Å². The summed E-state index contributed by atoms with van der Waals surface area (Å²) in [4.78, 5) is 13.1. The van der Waals surface area contributed by atoms with Crippen molar-refractivity contribution in [2.45, 2.75) is 326 Å². The number of ether oxygens (including phenoxy) is 2. The Morgan fingerprint density at radius 1 is 0.549 bits per heavy atom. The van der Waals surface area contributed by atoms with Crippen molar-refractivity contribution in [3.8, 4) is 0 Å². The molecule has 7 unspecified atom stereocenters. The number of aliphatic hydroxyl groups is 4. The molecule has 0 spiro atoms. The standard InChI is InChI=1S/C58H111NO11S/c1-3-5-7-9-11-13-15-17-19-21-23-24-25-26-27-28-29-30-32-34-36-38-40-42-44-46-48-54(62)59-51(50-68-58-56(64)57(70-71(65,66)67)55(63)53(49-60)69-58)52(61)47-45-43-41-39-37-35-33-31-22-20-18-16-14-12-10-8-6-4-2/h26-27,45,47,51-53,55-58,60-61,63-64H,3-25,28-44,46,48-50H2,1-2H3,(H,59,62)(H,65,66,67)/b27-26-,47-45+. The van der Waals surface area contributed by atoms with Crippen molar-refractivity contribution in [3.05, 3.63) is 24.3 Å². The molecule has 1 aliphatic rings. The normalized spacial score (nSPS) is 19.6. The number of amides is 1. The maximum Gasteiger partial charge on any atom is 0.397 e. The van der Waals surface area contributed by atoms with E-state index in [-0.39, 0.29) is 18.9 Å². The van der Waals surface area contributed by atoms with Crippen molar-refractivity contribution in [2.75, 3.05) is 13.2 Å². The third kappa shape index (κ3) is 40.6. The number of hydrogen-bond donors (Lipinski definition) is 6. The lowest BCUT2D eigenvalue weighted by atomic mass is 9.99. The zero-order valence-electron chi connectivity index (χ0n) is 45.6. The SMILES string of the molecule is CCCCCCCCCCCCCC/C=C\CCCCCCCCCCCCC(=O)NC(COC1OC(CO)C(O)C(OS(=O)(=O)O)C1O)C(O)/C=C/CCCCCCCCCCCCCCCCCC. The van der Waals surface area contributed by atoms with Crippen molar-refractivity contribution in [3.63, 3.8) is 0 Å². The Hall–Kier alpha value is -1.42. The fourth-order valence-electron chi connectivity index (χ4n) is 9.63. The van der Waals surface area contributed by atoms with E-state index in [1.807, 2.05) is 6.08 Å². The van der Waals surface area contributed by atoms with Crippen LogP contribution in [0, 0.1) is 0 Å². The summed E-state index contributed by atoms with van der Waals surface area (Å²) in [5.74, 6) is -0.260. The van der Waals surface area contributed by atoms with Crippen LogP contribution in [0.15, 0.2) is 24.3 Å². The van der Waals surface area contributed by atoms with Crippen LogP contribution in [0.4, 0.5) is 0 Å². The number of allylic oxidation sites excluding steroid dienone is 3. The molecule has 1 amide bonds. The van der Waals surface area contributed by atoms with Gasteiger partial charge in [-0.05, 0) is 44.9 Å². The fraction of sp³-hybridized carbons (Fsp3) is 0.914. The van der Waals surface area contributed by atoms with E-state index in [0.717, 1.165) is 38.5 Å². The molecule has 1 heterocycles. The Morgan fingerprint density at radius 3 is 1.27 bits per heavy atom. The molecule has 7 atom stereocenters. The minimum Gasteiger partial charge on any atom is -0.394 e. The molecule has 0 aromatic carbocycles. The Bertz CT molecular complexity index is 1350. The van der Waals surface area contributed by atoms with Crippen molar-refractivity contribution in [2.24, 2.45) is 0 Å². The van der Waals surface area contributed by atoms with Gasteiger partial charge >= 0.3 is 10.4 Å². The van der Waals surface area contributed by atoms with Gasteiger partial charge in [0, 0.05) is 6.42 Å². The maximum atomic E-state index is 13.1. The Kier molecular flexibility index (Phi) is 45.9. The Morgan fingerprint density at radius 2 is 0.901 bits per heavy atom. The van der Waals surface area contributed by atoms with Crippen LogP contribution in [-0.2, 0) is 28.9 Å². The van der Waals surface area contributed by atoms with Gasteiger partial charge in [-0.2, -0.15) is 8.42 Å². The molecular weight excluding hydrogens is 919 g/mol. The number of hydrogen-bond acceptors (Lipinski definition) is 10. The van der Waals surface area contributed by atoms with Crippen LogP contribution in [-0.4, -0.2) is 95.4 Å². The van der Waals surface area contributed by atoms with Crippen LogP contribution in [0.3, 0.4) is 0 Å². The average Bonchev–Trinajstić information content (AvgIpc) is 3.34. The lowest BCUT2D eigenvalue weighted by molar-refractivity contribution is -0.298. The molecule has 12 nitrogen and oxygen atoms in total. The lowest BCUT2D eigenvalue weighted by Crippen LogP contribution is -2.61. The van der Waals surface area contributed by atoms with Crippen molar-refractivity contribution in [1.29, 1.82) is 0 Å². The minimum absolute atomic E-state index is 0.260. The van der Waals surface area contributed by atoms with Crippen LogP contribution >= 0.6 is 0 Å². The summed E-state index contributed by atoms with van der Waals surface area (Å²) in [6.45, 7) is 3.43. The van der Waals surface area contributed by atoms with Gasteiger partial charge < -0.3 is 35.2 Å². The summed E-state index contributed by atoms with van der Waals surface area (Å²) in [6.07, 6.45) is 50.8. The summed E-state index contributed by atoms with van der Waals surface area (Å²) in [5.41, 5.74) is 0. The first-order chi connectivity index (χ1) is 34.5. The molecule has 0 radical (unpaired) electrons. The molecule has 0 saturated carbocycles. The predicted molar refractivity (Wildman–Crippen MR) is 292 cm³/mol. The van der Waals surface area contributed by atoms with Gasteiger partial charge in [0.25, 0.3) is 0 Å². The van der Waals surface area contributed by atoms with Crippen LogP contribution in [0.1, 0.15) is 284 Å². The molecule has 0 aromatic heterocycles. The minimum atomic E-state index is -5.09. The largest absolute Gasteiger partial charge is 0.397 e. The molecule has 13 heteroatoms. The predicted octanol–water partition coefficient (Wildman–Crippen LogP) is 14.0. The molecular formula is C58H111NO11S. The first-order valence-electron chi connectivity index (χ1n) is 29.7. The second-order valence-electron chi connectivity index (χ2n) is 20.9. The van der Waals surface area contributed by atoms with E-state index in [4.69, 9.17) is 9.47 Å². The van der Waals surface area contributed by atoms with Crippen molar-refractivity contribution < 1.29 is 51.8 Å². The molecule has 1 saturated heterocycles. The van der Waals surface area contributed by atoms with Gasteiger partial charge in [0.05, 0.1) is 25.4 Å². The van der Waals surface area contributed by atoms with Crippen LogP contribution in [0.5, 0.6) is 0 Å². The number of carbonyl (C=O) groups excluding carboxylic acids is 1. The third-order valence-corrected chi connectivity index (χ3v) is 14.7. The average molecular weight is 1030 g/mol. The van der Waals surface area contributed by atoms with Gasteiger partial charge in [-0.25, -0.2) is 4.18 Å². The monoisotopic (exact) mass is 1030 g/mol. The molecule has 1 fully saturated rings. The Balaban J connectivity index is 2.34. The second kappa shape index (κ2) is 48.2. The molecule has 0 aromatic rings. The summed E-state index contributed by atoms with van der Waals surface area (Å²) < 4.78 is 47.9.